The van der Waals surface area contributed by atoms with E-state index in [4.69, 9.17) is 23.8 Å². The molecule has 0 saturated carbocycles. The van der Waals surface area contributed by atoms with Crippen molar-refractivity contribution in [3.63, 3.8) is 0 Å². The third-order valence-electron chi connectivity index (χ3n) is 3.42. The minimum atomic E-state index is 0.571. The molecule has 24 heavy (non-hydrogen) atoms. The summed E-state index contributed by atoms with van der Waals surface area (Å²) in [6.45, 7) is 1.34. The largest absolute Gasteiger partial charge is 0.358 e. The molecule has 0 aliphatic carbocycles. The Morgan fingerprint density at radius 1 is 1.08 bits per heavy atom. The lowest BCUT2D eigenvalue weighted by Crippen LogP contribution is -2.27. The summed E-state index contributed by atoms with van der Waals surface area (Å²) in [4.78, 5) is 0. The summed E-state index contributed by atoms with van der Waals surface area (Å²) in [6, 6.07) is 17.9. The van der Waals surface area contributed by atoms with Crippen molar-refractivity contribution in [3.05, 3.63) is 83.1 Å². The Bertz CT molecular complexity index is 817. The standard InChI is InChI=1S/C18H17ClN4S/c19-16-8-4-7-15(9-16)12-23-13-17(11-21-23)22-18(24)20-10-14-5-2-1-3-6-14/h1-9,11,13H,10,12H2,(H2,20,22,24). The van der Waals surface area contributed by atoms with Gasteiger partial charge in [-0.1, -0.05) is 54.1 Å². The van der Waals surface area contributed by atoms with Gasteiger partial charge in [0.05, 0.1) is 18.4 Å². The zero-order valence-electron chi connectivity index (χ0n) is 12.9. The van der Waals surface area contributed by atoms with E-state index < -0.39 is 0 Å². The molecular weight excluding hydrogens is 340 g/mol. The van der Waals surface area contributed by atoms with Crippen molar-refractivity contribution in [2.45, 2.75) is 13.1 Å². The van der Waals surface area contributed by atoms with Gasteiger partial charge in [-0.3, -0.25) is 4.68 Å². The van der Waals surface area contributed by atoms with Crippen LogP contribution in [-0.4, -0.2) is 14.9 Å². The van der Waals surface area contributed by atoms with Gasteiger partial charge < -0.3 is 10.6 Å². The third kappa shape index (κ3) is 4.81. The highest BCUT2D eigenvalue weighted by atomic mass is 35.5. The molecule has 3 rings (SSSR count). The van der Waals surface area contributed by atoms with Crippen molar-refractivity contribution in [1.29, 1.82) is 0 Å². The van der Waals surface area contributed by atoms with Gasteiger partial charge in [-0.2, -0.15) is 5.10 Å². The fourth-order valence-electron chi connectivity index (χ4n) is 2.29. The normalized spacial score (nSPS) is 10.4. The summed E-state index contributed by atoms with van der Waals surface area (Å²) >= 11 is 11.3. The number of hydrogen-bond donors (Lipinski definition) is 2. The maximum atomic E-state index is 6.00. The van der Waals surface area contributed by atoms with Crippen LogP contribution in [0.1, 0.15) is 11.1 Å². The van der Waals surface area contributed by atoms with Gasteiger partial charge in [0.1, 0.15) is 0 Å². The predicted molar refractivity (Wildman–Crippen MR) is 102 cm³/mol. The third-order valence-corrected chi connectivity index (χ3v) is 3.90. The van der Waals surface area contributed by atoms with Crippen LogP contribution in [0.5, 0.6) is 0 Å². The molecule has 1 heterocycles. The SMILES string of the molecule is S=C(NCc1ccccc1)Nc1cnn(Cc2cccc(Cl)c2)c1. The zero-order chi connectivity index (χ0) is 16.8. The number of halogens is 1. The van der Waals surface area contributed by atoms with Crippen molar-refractivity contribution in [3.8, 4) is 0 Å². The Balaban J connectivity index is 1.53. The number of thiocarbonyl (C=S) groups is 1. The first kappa shape index (κ1) is 16.5. The number of nitrogens with zero attached hydrogens (tertiary/aromatic N) is 2. The Labute approximate surface area is 151 Å². The van der Waals surface area contributed by atoms with Gasteiger partial charge in [-0.15, -0.1) is 0 Å². The van der Waals surface area contributed by atoms with Gasteiger partial charge in [0.2, 0.25) is 0 Å². The number of rotatable bonds is 5. The van der Waals surface area contributed by atoms with Crippen LogP contribution in [0.25, 0.3) is 0 Å². The van der Waals surface area contributed by atoms with Gasteiger partial charge >= 0.3 is 0 Å². The first-order valence-corrected chi connectivity index (χ1v) is 8.33. The van der Waals surface area contributed by atoms with Gasteiger partial charge in [-0.25, -0.2) is 0 Å². The van der Waals surface area contributed by atoms with Crippen molar-refractivity contribution in [1.82, 2.24) is 15.1 Å². The molecular formula is C18H17ClN4S. The maximum absolute atomic E-state index is 6.00. The molecule has 2 aromatic carbocycles. The highest BCUT2D eigenvalue weighted by Crippen LogP contribution is 2.13. The monoisotopic (exact) mass is 356 g/mol. The van der Waals surface area contributed by atoms with Crippen molar-refractivity contribution >= 4 is 34.6 Å². The highest BCUT2D eigenvalue weighted by Gasteiger charge is 2.03. The van der Waals surface area contributed by atoms with E-state index in [-0.39, 0.29) is 0 Å². The van der Waals surface area contributed by atoms with E-state index in [0.717, 1.165) is 16.3 Å². The van der Waals surface area contributed by atoms with Crippen molar-refractivity contribution in [2.75, 3.05) is 5.32 Å². The molecule has 0 fully saturated rings. The molecule has 122 valence electrons. The van der Waals surface area contributed by atoms with E-state index >= 15 is 0 Å². The van der Waals surface area contributed by atoms with E-state index in [2.05, 4.69) is 27.9 Å². The summed E-state index contributed by atoms with van der Waals surface area (Å²) in [6.07, 6.45) is 3.67. The molecule has 0 unspecified atom stereocenters. The van der Waals surface area contributed by atoms with Crippen LogP contribution >= 0.6 is 23.8 Å². The Morgan fingerprint density at radius 3 is 2.67 bits per heavy atom. The number of anilines is 1. The van der Waals surface area contributed by atoms with Crippen LogP contribution in [0.3, 0.4) is 0 Å². The number of nitrogens with one attached hydrogen (secondary N) is 2. The van der Waals surface area contributed by atoms with Crippen LogP contribution in [0.15, 0.2) is 67.0 Å². The molecule has 0 aliphatic heterocycles. The number of benzene rings is 2. The maximum Gasteiger partial charge on any atom is 0.171 e. The summed E-state index contributed by atoms with van der Waals surface area (Å²) in [5, 5.41) is 12.0. The summed E-state index contributed by atoms with van der Waals surface area (Å²) < 4.78 is 1.84. The quantitative estimate of drug-likeness (QED) is 0.676. The smallest absolute Gasteiger partial charge is 0.171 e. The minimum Gasteiger partial charge on any atom is -0.358 e. The predicted octanol–water partition coefficient (Wildman–Crippen LogP) is 4.07. The lowest BCUT2D eigenvalue weighted by molar-refractivity contribution is 0.687. The summed E-state index contributed by atoms with van der Waals surface area (Å²) in [5.41, 5.74) is 3.13. The summed E-state index contributed by atoms with van der Waals surface area (Å²) in [5.74, 6) is 0. The Kier molecular flexibility index (Phi) is 5.46. The first-order valence-electron chi connectivity index (χ1n) is 7.55. The molecule has 0 amide bonds. The fourth-order valence-corrected chi connectivity index (χ4v) is 2.69. The van der Waals surface area contributed by atoms with E-state index in [0.29, 0.717) is 18.2 Å². The Hall–Kier alpha value is -2.37. The molecule has 0 atom stereocenters. The van der Waals surface area contributed by atoms with Crippen LogP contribution in [0.2, 0.25) is 5.02 Å². The lowest BCUT2D eigenvalue weighted by atomic mass is 10.2. The van der Waals surface area contributed by atoms with E-state index in [1.165, 1.54) is 5.56 Å². The second-order valence-corrected chi connectivity index (χ2v) is 6.19. The van der Waals surface area contributed by atoms with Crippen molar-refractivity contribution < 1.29 is 0 Å². The molecule has 0 bridgehead atoms. The highest BCUT2D eigenvalue weighted by molar-refractivity contribution is 7.80. The molecule has 3 aromatic rings. The number of aromatic nitrogens is 2. The van der Waals surface area contributed by atoms with Crippen LogP contribution in [-0.2, 0) is 13.1 Å². The van der Waals surface area contributed by atoms with Crippen LogP contribution < -0.4 is 10.6 Å². The van der Waals surface area contributed by atoms with Gasteiger partial charge in [0.15, 0.2) is 5.11 Å². The topological polar surface area (TPSA) is 41.9 Å². The average Bonchev–Trinajstić information content (AvgIpc) is 3.01. The average molecular weight is 357 g/mol. The van der Waals surface area contributed by atoms with Gasteiger partial charge in [0.25, 0.3) is 0 Å². The van der Waals surface area contributed by atoms with Gasteiger partial charge in [-0.05, 0) is 35.5 Å². The minimum absolute atomic E-state index is 0.571. The molecule has 0 saturated heterocycles. The van der Waals surface area contributed by atoms with Crippen molar-refractivity contribution in [2.24, 2.45) is 0 Å². The molecule has 1 aromatic heterocycles. The van der Waals surface area contributed by atoms with E-state index in [1.54, 1.807) is 6.20 Å². The Morgan fingerprint density at radius 2 is 1.88 bits per heavy atom. The second-order valence-electron chi connectivity index (χ2n) is 5.35. The van der Waals surface area contributed by atoms with E-state index in [9.17, 15) is 0 Å². The van der Waals surface area contributed by atoms with Crippen LogP contribution in [0, 0.1) is 0 Å². The van der Waals surface area contributed by atoms with Crippen LogP contribution in [0.4, 0.5) is 5.69 Å². The first-order chi connectivity index (χ1) is 11.7. The molecule has 2 N–H and O–H groups in total. The molecule has 6 heteroatoms. The summed E-state index contributed by atoms with van der Waals surface area (Å²) in [7, 11) is 0. The zero-order valence-corrected chi connectivity index (χ0v) is 14.5. The second kappa shape index (κ2) is 7.95. The molecule has 0 radical (unpaired) electrons. The lowest BCUT2D eigenvalue weighted by Gasteiger charge is -2.08. The number of hydrogen-bond acceptors (Lipinski definition) is 2. The molecule has 0 aliphatic rings. The molecule has 0 spiro atoms. The fraction of sp³-hybridized carbons (Fsp3) is 0.111. The molecule has 4 nitrogen and oxygen atoms in total. The van der Waals surface area contributed by atoms with E-state index in [1.807, 2.05) is 53.3 Å². The van der Waals surface area contributed by atoms with Gasteiger partial charge in [0, 0.05) is 17.8 Å².